The number of nitrogens with zero attached hydrogens (tertiary/aromatic N) is 1. The van der Waals surface area contributed by atoms with Crippen molar-refractivity contribution in [2.45, 2.75) is 6.92 Å². The van der Waals surface area contributed by atoms with E-state index in [0.717, 1.165) is 11.6 Å². The Hall–Kier alpha value is -3.41. The first-order valence-electron chi connectivity index (χ1n) is 7.77. The van der Waals surface area contributed by atoms with E-state index in [-0.39, 0.29) is 17.1 Å². The monoisotopic (exact) mass is 354 g/mol. The highest BCUT2D eigenvalue weighted by atomic mass is 19.1. The molecular weight excluding hydrogens is 338 g/mol. The maximum absolute atomic E-state index is 13.8. The summed E-state index contributed by atoms with van der Waals surface area (Å²) < 4.78 is 27.6. The Kier molecular flexibility index (Phi) is 4.58. The second kappa shape index (κ2) is 6.84. The molecule has 3 rings (SSSR count). The van der Waals surface area contributed by atoms with Crippen molar-refractivity contribution in [2.75, 3.05) is 0 Å². The summed E-state index contributed by atoms with van der Waals surface area (Å²) in [5.74, 6) is -1.55. The van der Waals surface area contributed by atoms with Crippen LogP contribution >= 0.6 is 0 Å². The summed E-state index contributed by atoms with van der Waals surface area (Å²) in [4.78, 5) is 0. The van der Waals surface area contributed by atoms with E-state index in [1.54, 1.807) is 18.2 Å². The van der Waals surface area contributed by atoms with E-state index in [9.17, 15) is 13.9 Å². The van der Waals surface area contributed by atoms with Gasteiger partial charge in [-0.15, -0.1) is 0 Å². The number of amidine groups is 1. The van der Waals surface area contributed by atoms with Crippen molar-refractivity contribution in [3.05, 3.63) is 77.4 Å². The summed E-state index contributed by atoms with van der Waals surface area (Å²) >= 11 is 0. The smallest absolute Gasteiger partial charge is 0.170 e. The molecule has 0 saturated carbocycles. The first-order valence-corrected chi connectivity index (χ1v) is 7.77. The molecular formula is C20H16F2N2O2. The van der Waals surface area contributed by atoms with E-state index >= 15 is 0 Å². The SMILES string of the molecule is Cc1cc(C(N)=NO)c(-c2cc(F)cc(F)c2)c(-c2ccc(O)cc2)c1. The molecule has 0 bridgehead atoms. The zero-order chi connectivity index (χ0) is 18.8. The number of phenols is 1. The predicted molar refractivity (Wildman–Crippen MR) is 96.1 cm³/mol. The molecule has 26 heavy (non-hydrogen) atoms. The van der Waals surface area contributed by atoms with Crippen LogP contribution in [0.3, 0.4) is 0 Å². The van der Waals surface area contributed by atoms with Gasteiger partial charge in [-0.2, -0.15) is 0 Å². The Balaban J connectivity index is 2.39. The molecule has 0 fully saturated rings. The van der Waals surface area contributed by atoms with Crippen molar-refractivity contribution in [3.63, 3.8) is 0 Å². The Morgan fingerprint density at radius 2 is 1.54 bits per heavy atom. The summed E-state index contributed by atoms with van der Waals surface area (Å²) in [6.45, 7) is 1.83. The highest BCUT2D eigenvalue weighted by Gasteiger charge is 2.18. The molecule has 0 atom stereocenters. The first kappa shape index (κ1) is 17.4. The second-order valence-electron chi connectivity index (χ2n) is 5.93. The van der Waals surface area contributed by atoms with E-state index in [1.165, 1.54) is 24.3 Å². The van der Waals surface area contributed by atoms with Gasteiger partial charge in [0.2, 0.25) is 0 Å². The Morgan fingerprint density at radius 3 is 2.12 bits per heavy atom. The standard InChI is InChI=1S/C20H16F2N2O2/c1-11-6-17(12-2-4-16(25)5-3-12)19(18(7-11)20(23)24-26)13-8-14(21)10-15(22)9-13/h2-10,25-26H,1H3,(H2,23,24). The number of hydrogen-bond donors (Lipinski definition) is 3. The molecule has 0 aromatic heterocycles. The number of halogens is 2. The molecule has 0 saturated heterocycles. The Morgan fingerprint density at radius 1 is 0.923 bits per heavy atom. The summed E-state index contributed by atoms with van der Waals surface area (Å²) in [6.07, 6.45) is 0. The van der Waals surface area contributed by atoms with Gasteiger partial charge in [-0.25, -0.2) is 8.78 Å². The molecule has 0 amide bonds. The van der Waals surface area contributed by atoms with Gasteiger partial charge in [0.1, 0.15) is 17.4 Å². The molecule has 132 valence electrons. The minimum absolute atomic E-state index is 0.0939. The lowest BCUT2D eigenvalue weighted by molar-refractivity contribution is 0.318. The van der Waals surface area contributed by atoms with Crippen molar-refractivity contribution in [3.8, 4) is 28.0 Å². The van der Waals surface area contributed by atoms with Crippen LogP contribution in [0.15, 0.2) is 59.8 Å². The molecule has 4 N–H and O–H groups in total. The molecule has 0 spiro atoms. The van der Waals surface area contributed by atoms with Crippen LogP contribution in [0.5, 0.6) is 5.75 Å². The number of phenolic OH excluding ortho intramolecular Hbond substituents is 1. The topological polar surface area (TPSA) is 78.8 Å². The van der Waals surface area contributed by atoms with Crippen molar-refractivity contribution in [2.24, 2.45) is 10.9 Å². The lowest BCUT2D eigenvalue weighted by Gasteiger charge is -2.17. The molecule has 0 aliphatic heterocycles. The highest BCUT2D eigenvalue weighted by Crippen LogP contribution is 2.37. The number of aromatic hydroxyl groups is 1. The van der Waals surface area contributed by atoms with E-state index in [2.05, 4.69) is 5.16 Å². The fourth-order valence-electron chi connectivity index (χ4n) is 2.92. The fraction of sp³-hybridized carbons (Fsp3) is 0.0500. The van der Waals surface area contributed by atoms with Gasteiger partial charge in [0.05, 0.1) is 0 Å². The van der Waals surface area contributed by atoms with Crippen molar-refractivity contribution in [1.82, 2.24) is 0 Å². The van der Waals surface area contributed by atoms with Crippen LogP contribution in [0.25, 0.3) is 22.3 Å². The van der Waals surface area contributed by atoms with E-state index in [1.807, 2.05) is 13.0 Å². The quantitative estimate of drug-likeness (QED) is 0.282. The van der Waals surface area contributed by atoms with Crippen molar-refractivity contribution < 1.29 is 19.1 Å². The van der Waals surface area contributed by atoms with Crippen LogP contribution in [0.1, 0.15) is 11.1 Å². The van der Waals surface area contributed by atoms with Crippen molar-refractivity contribution in [1.29, 1.82) is 0 Å². The lowest BCUT2D eigenvalue weighted by Crippen LogP contribution is -2.15. The van der Waals surface area contributed by atoms with Crippen LogP contribution in [0.4, 0.5) is 8.78 Å². The zero-order valence-corrected chi connectivity index (χ0v) is 13.9. The number of nitrogens with two attached hydrogens (primary N) is 1. The lowest BCUT2D eigenvalue weighted by atomic mass is 9.88. The molecule has 0 unspecified atom stereocenters. The number of oxime groups is 1. The summed E-state index contributed by atoms with van der Waals surface area (Å²) in [5.41, 5.74) is 9.01. The maximum atomic E-state index is 13.8. The van der Waals surface area contributed by atoms with Crippen LogP contribution in [0, 0.1) is 18.6 Å². The van der Waals surface area contributed by atoms with Gasteiger partial charge in [-0.1, -0.05) is 23.4 Å². The van der Waals surface area contributed by atoms with Gasteiger partial charge in [-0.05, 0) is 59.5 Å². The molecule has 0 aliphatic carbocycles. The molecule has 3 aromatic carbocycles. The predicted octanol–water partition coefficient (Wildman–Crippen LogP) is 4.41. The van der Waals surface area contributed by atoms with E-state index < -0.39 is 11.6 Å². The average Bonchev–Trinajstić information content (AvgIpc) is 2.60. The van der Waals surface area contributed by atoms with Gasteiger partial charge in [-0.3, -0.25) is 0 Å². The van der Waals surface area contributed by atoms with Gasteiger partial charge in [0.25, 0.3) is 0 Å². The molecule has 6 heteroatoms. The third-order valence-corrected chi connectivity index (χ3v) is 4.00. The summed E-state index contributed by atoms with van der Waals surface area (Å²) in [5, 5.41) is 21.7. The third kappa shape index (κ3) is 3.35. The molecule has 3 aromatic rings. The van der Waals surface area contributed by atoms with E-state index in [0.29, 0.717) is 22.3 Å². The van der Waals surface area contributed by atoms with Crippen LogP contribution < -0.4 is 5.73 Å². The fourth-order valence-corrected chi connectivity index (χ4v) is 2.92. The number of aryl methyl sites for hydroxylation is 1. The number of rotatable bonds is 3. The van der Waals surface area contributed by atoms with Crippen molar-refractivity contribution >= 4 is 5.84 Å². The maximum Gasteiger partial charge on any atom is 0.170 e. The first-order chi connectivity index (χ1) is 12.4. The van der Waals surface area contributed by atoms with Gasteiger partial charge < -0.3 is 16.0 Å². The van der Waals surface area contributed by atoms with Crippen LogP contribution in [-0.4, -0.2) is 16.1 Å². The van der Waals surface area contributed by atoms with Gasteiger partial charge in [0, 0.05) is 17.2 Å². The average molecular weight is 354 g/mol. The van der Waals surface area contributed by atoms with Crippen LogP contribution in [-0.2, 0) is 0 Å². The molecule has 0 aliphatic rings. The highest BCUT2D eigenvalue weighted by molar-refractivity contribution is 6.07. The third-order valence-electron chi connectivity index (χ3n) is 4.00. The molecule has 4 nitrogen and oxygen atoms in total. The van der Waals surface area contributed by atoms with Gasteiger partial charge >= 0.3 is 0 Å². The minimum atomic E-state index is -0.734. The molecule has 0 heterocycles. The Bertz CT molecular complexity index is 979. The van der Waals surface area contributed by atoms with Crippen LogP contribution in [0.2, 0.25) is 0 Å². The Labute approximate surface area is 148 Å². The number of benzene rings is 3. The zero-order valence-electron chi connectivity index (χ0n) is 13.9. The van der Waals surface area contributed by atoms with Gasteiger partial charge in [0.15, 0.2) is 5.84 Å². The number of hydrogen-bond acceptors (Lipinski definition) is 3. The summed E-state index contributed by atoms with van der Waals surface area (Å²) in [7, 11) is 0. The largest absolute Gasteiger partial charge is 0.508 e. The summed E-state index contributed by atoms with van der Waals surface area (Å²) in [6, 6.07) is 13.0. The molecule has 0 radical (unpaired) electrons. The van der Waals surface area contributed by atoms with E-state index in [4.69, 9.17) is 10.9 Å². The second-order valence-corrected chi connectivity index (χ2v) is 5.93. The minimum Gasteiger partial charge on any atom is -0.508 e. The normalized spacial score (nSPS) is 11.6.